The van der Waals surface area contributed by atoms with Crippen LogP contribution >= 0.6 is 15.9 Å². The lowest BCUT2D eigenvalue weighted by Gasteiger charge is -2.15. The SMILES string of the molecule is Cc1ccc(C(O)Cc2cc(C)ccc2C)c(Br)c1. The van der Waals surface area contributed by atoms with Crippen LogP contribution in [-0.4, -0.2) is 5.11 Å². The second-order valence-corrected chi connectivity index (χ2v) is 6.03. The summed E-state index contributed by atoms with van der Waals surface area (Å²) in [4.78, 5) is 0. The minimum absolute atomic E-state index is 0.476. The predicted octanol–water partition coefficient (Wildman–Crippen LogP) is 4.65. The van der Waals surface area contributed by atoms with Crippen LogP contribution in [0.5, 0.6) is 0 Å². The van der Waals surface area contributed by atoms with E-state index in [1.54, 1.807) is 0 Å². The average Bonchev–Trinajstić information content (AvgIpc) is 2.33. The van der Waals surface area contributed by atoms with Gasteiger partial charge in [-0.2, -0.15) is 0 Å². The molecule has 1 nitrogen and oxygen atoms in total. The van der Waals surface area contributed by atoms with Crippen molar-refractivity contribution in [2.45, 2.75) is 33.3 Å². The van der Waals surface area contributed by atoms with Gasteiger partial charge in [-0.1, -0.05) is 51.8 Å². The van der Waals surface area contributed by atoms with E-state index in [4.69, 9.17) is 0 Å². The number of aliphatic hydroxyl groups is 1. The Morgan fingerprint density at radius 3 is 2.32 bits per heavy atom. The summed E-state index contributed by atoms with van der Waals surface area (Å²) in [5, 5.41) is 10.4. The molecule has 100 valence electrons. The zero-order valence-corrected chi connectivity index (χ0v) is 13.2. The van der Waals surface area contributed by atoms with Gasteiger partial charge in [0.05, 0.1) is 6.10 Å². The highest BCUT2D eigenvalue weighted by atomic mass is 79.9. The first-order chi connectivity index (χ1) is 8.97. The summed E-state index contributed by atoms with van der Waals surface area (Å²) < 4.78 is 0.977. The van der Waals surface area contributed by atoms with Gasteiger partial charge in [-0.15, -0.1) is 0 Å². The Balaban J connectivity index is 2.25. The topological polar surface area (TPSA) is 20.2 Å². The molecule has 0 saturated heterocycles. The highest BCUT2D eigenvalue weighted by Gasteiger charge is 2.13. The van der Waals surface area contributed by atoms with E-state index in [1.165, 1.54) is 22.3 Å². The van der Waals surface area contributed by atoms with Crippen molar-refractivity contribution in [3.63, 3.8) is 0 Å². The summed E-state index contributed by atoms with van der Waals surface area (Å²) in [7, 11) is 0. The molecule has 0 aliphatic carbocycles. The van der Waals surface area contributed by atoms with Crippen LogP contribution < -0.4 is 0 Å². The third-order valence-corrected chi connectivity index (χ3v) is 4.12. The molecule has 0 bridgehead atoms. The predicted molar refractivity (Wildman–Crippen MR) is 83.5 cm³/mol. The number of benzene rings is 2. The van der Waals surface area contributed by atoms with Crippen molar-refractivity contribution in [1.29, 1.82) is 0 Å². The Hall–Kier alpha value is -1.12. The highest BCUT2D eigenvalue weighted by Crippen LogP contribution is 2.28. The lowest BCUT2D eigenvalue weighted by atomic mass is 9.96. The molecule has 0 aromatic heterocycles. The van der Waals surface area contributed by atoms with Crippen LogP contribution in [0.2, 0.25) is 0 Å². The monoisotopic (exact) mass is 318 g/mol. The van der Waals surface area contributed by atoms with E-state index in [1.807, 2.05) is 25.1 Å². The van der Waals surface area contributed by atoms with Crippen molar-refractivity contribution in [2.24, 2.45) is 0 Å². The lowest BCUT2D eigenvalue weighted by Crippen LogP contribution is -2.04. The van der Waals surface area contributed by atoms with Crippen molar-refractivity contribution in [3.8, 4) is 0 Å². The number of aryl methyl sites for hydroxylation is 3. The molecule has 2 rings (SSSR count). The van der Waals surface area contributed by atoms with Crippen molar-refractivity contribution in [2.75, 3.05) is 0 Å². The van der Waals surface area contributed by atoms with Crippen molar-refractivity contribution < 1.29 is 5.11 Å². The van der Waals surface area contributed by atoms with Crippen molar-refractivity contribution in [1.82, 2.24) is 0 Å². The standard InChI is InChI=1S/C17H19BrO/c1-11-4-6-13(3)14(8-11)10-17(19)15-7-5-12(2)9-16(15)18/h4-9,17,19H,10H2,1-3H3. The van der Waals surface area contributed by atoms with E-state index in [2.05, 4.69) is 48.0 Å². The van der Waals surface area contributed by atoms with Crippen LogP contribution in [0.4, 0.5) is 0 Å². The number of halogens is 1. The minimum atomic E-state index is -0.476. The minimum Gasteiger partial charge on any atom is -0.388 e. The Morgan fingerprint density at radius 1 is 1.00 bits per heavy atom. The molecule has 0 aliphatic heterocycles. The molecule has 1 atom stereocenters. The summed E-state index contributed by atoms with van der Waals surface area (Å²) in [6, 6.07) is 12.4. The first kappa shape index (κ1) is 14.3. The van der Waals surface area contributed by atoms with E-state index in [9.17, 15) is 5.11 Å². The van der Waals surface area contributed by atoms with Gasteiger partial charge in [0.2, 0.25) is 0 Å². The third kappa shape index (κ3) is 3.46. The molecule has 0 spiro atoms. The molecule has 0 saturated carbocycles. The molecule has 2 aromatic carbocycles. The second kappa shape index (κ2) is 5.89. The zero-order chi connectivity index (χ0) is 14.0. The number of hydrogen-bond acceptors (Lipinski definition) is 1. The molecular weight excluding hydrogens is 300 g/mol. The van der Waals surface area contributed by atoms with Crippen LogP contribution in [-0.2, 0) is 6.42 Å². The van der Waals surface area contributed by atoms with E-state index >= 15 is 0 Å². The zero-order valence-electron chi connectivity index (χ0n) is 11.6. The molecule has 2 heteroatoms. The maximum atomic E-state index is 10.4. The van der Waals surface area contributed by atoms with Gasteiger partial charge in [0.1, 0.15) is 0 Å². The van der Waals surface area contributed by atoms with Crippen LogP contribution in [0, 0.1) is 20.8 Å². The van der Waals surface area contributed by atoms with Crippen LogP contribution in [0.15, 0.2) is 40.9 Å². The van der Waals surface area contributed by atoms with E-state index in [-0.39, 0.29) is 0 Å². The largest absolute Gasteiger partial charge is 0.388 e. The molecule has 0 aliphatic rings. The second-order valence-electron chi connectivity index (χ2n) is 5.17. The molecule has 2 aromatic rings. The fourth-order valence-electron chi connectivity index (χ4n) is 2.24. The highest BCUT2D eigenvalue weighted by molar-refractivity contribution is 9.10. The fraction of sp³-hybridized carbons (Fsp3) is 0.294. The summed E-state index contributed by atoms with van der Waals surface area (Å²) in [5.74, 6) is 0. The molecule has 0 amide bonds. The average molecular weight is 319 g/mol. The van der Waals surface area contributed by atoms with E-state index < -0.39 is 6.10 Å². The van der Waals surface area contributed by atoms with Crippen LogP contribution in [0.25, 0.3) is 0 Å². The molecular formula is C17H19BrO. The van der Waals surface area contributed by atoms with Gasteiger partial charge in [-0.05, 0) is 49.1 Å². The summed E-state index contributed by atoms with van der Waals surface area (Å²) in [6.45, 7) is 6.22. The maximum absolute atomic E-state index is 10.4. The van der Waals surface area contributed by atoms with Crippen molar-refractivity contribution in [3.05, 3.63) is 68.7 Å². The number of aliphatic hydroxyl groups excluding tert-OH is 1. The molecule has 0 radical (unpaired) electrons. The van der Waals surface area contributed by atoms with E-state index in [0.717, 1.165) is 10.0 Å². The Labute approximate surface area is 123 Å². The molecule has 0 fully saturated rings. The first-order valence-corrected chi connectivity index (χ1v) is 7.27. The summed E-state index contributed by atoms with van der Waals surface area (Å²) >= 11 is 3.53. The van der Waals surface area contributed by atoms with Gasteiger partial charge in [-0.25, -0.2) is 0 Å². The number of rotatable bonds is 3. The number of hydrogen-bond donors (Lipinski definition) is 1. The van der Waals surface area contributed by atoms with Gasteiger partial charge in [0, 0.05) is 10.9 Å². The molecule has 1 N–H and O–H groups in total. The Bertz CT molecular complexity index is 590. The fourth-order valence-corrected chi connectivity index (χ4v) is 3.00. The van der Waals surface area contributed by atoms with Gasteiger partial charge < -0.3 is 5.11 Å². The normalized spacial score (nSPS) is 12.5. The maximum Gasteiger partial charge on any atom is 0.0841 e. The third-order valence-electron chi connectivity index (χ3n) is 3.43. The van der Waals surface area contributed by atoms with Crippen molar-refractivity contribution >= 4 is 15.9 Å². The molecule has 0 heterocycles. The summed E-state index contributed by atoms with van der Waals surface area (Å²) in [5.41, 5.74) is 5.81. The van der Waals surface area contributed by atoms with Gasteiger partial charge in [0.15, 0.2) is 0 Å². The van der Waals surface area contributed by atoms with Gasteiger partial charge in [0.25, 0.3) is 0 Å². The Morgan fingerprint density at radius 2 is 1.63 bits per heavy atom. The smallest absolute Gasteiger partial charge is 0.0841 e. The lowest BCUT2D eigenvalue weighted by molar-refractivity contribution is 0.177. The quantitative estimate of drug-likeness (QED) is 0.873. The van der Waals surface area contributed by atoms with Gasteiger partial charge >= 0.3 is 0 Å². The van der Waals surface area contributed by atoms with Gasteiger partial charge in [-0.3, -0.25) is 0 Å². The van der Waals surface area contributed by atoms with Crippen LogP contribution in [0.3, 0.4) is 0 Å². The van der Waals surface area contributed by atoms with E-state index in [0.29, 0.717) is 6.42 Å². The molecule has 1 unspecified atom stereocenters. The molecule has 19 heavy (non-hydrogen) atoms. The first-order valence-electron chi connectivity index (χ1n) is 6.47. The summed E-state index contributed by atoms with van der Waals surface area (Å²) in [6.07, 6.45) is 0.172. The van der Waals surface area contributed by atoms with Crippen LogP contribution in [0.1, 0.15) is 33.9 Å². The Kier molecular flexibility index (Phi) is 4.43.